The van der Waals surface area contributed by atoms with E-state index in [4.69, 9.17) is 21.1 Å². The smallest absolute Gasteiger partial charge is 0.311 e. The highest BCUT2D eigenvalue weighted by Crippen LogP contribution is 2.25. The molecule has 0 saturated heterocycles. The Hall–Kier alpha value is -1.06. The maximum Gasteiger partial charge on any atom is 0.311 e. The Morgan fingerprint density at radius 3 is 2.88 bits per heavy atom. The summed E-state index contributed by atoms with van der Waals surface area (Å²) in [5.74, 6) is 0.144. The van der Waals surface area contributed by atoms with E-state index in [-0.39, 0.29) is 5.97 Å². The highest BCUT2D eigenvalue weighted by atomic mass is 35.5. The predicted octanol–water partition coefficient (Wildman–Crippen LogP) is 3.37. The highest BCUT2D eigenvalue weighted by Gasteiger charge is 2.08. The first-order valence-electron chi connectivity index (χ1n) is 5.68. The van der Waals surface area contributed by atoms with Crippen LogP contribution in [0.15, 0.2) is 18.2 Å². The Kier molecular flexibility index (Phi) is 6.01. The summed E-state index contributed by atoms with van der Waals surface area (Å²) in [4.78, 5) is 11.5. The molecule has 1 aromatic carbocycles. The number of benzene rings is 1. The predicted molar refractivity (Wildman–Crippen MR) is 67.6 cm³/mol. The molecule has 4 heteroatoms. The van der Waals surface area contributed by atoms with Gasteiger partial charge in [-0.3, -0.25) is 4.79 Å². The van der Waals surface area contributed by atoms with Gasteiger partial charge in [0.05, 0.1) is 5.02 Å². The molecule has 1 aromatic rings. The van der Waals surface area contributed by atoms with Gasteiger partial charge in [0.2, 0.25) is 0 Å². The zero-order valence-electron chi connectivity index (χ0n) is 10.2. The Labute approximate surface area is 107 Å². The van der Waals surface area contributed by atoms with E-state index in [2.05, 4.69) is 0 Å². The molecule has 17 heavy (non-hydrogen) atoms. The van der Waals surface area contributed by atoms with Crippen LogP contribution in [-0.4, -0.2) is 19.2 Å². The lowest BCUT2D eigenvalue weighted by Crippen LogP contribution is -2.09. The molecule has 0 aromatic heterocycles. The summed E-state index contributed by atoms with van der Waals surface area (Å²) in [5, 5.41) is 0.453. The number of hydrogen-bond acceptors (Lipinski definition) is 3. The molecule has 0 atom stereocenters. The fraction of sp³-hybridized carbons (Fsp3) is 0.462. The van der Waals surface area contributed by atoms with Gasteiger partial charge in [0.15, 0.2) is 0 Å². The minimum absolute atomic E-state index is 0.280. The van der Waals surface area contributed by atoms with Crippen LogP contribution in [0.3, 0.4) is 0 Å². The second-order valence-electron chi connectivity index (χ2n) is 3.71. The largest absolute Gasteiger partial charge is 0.425 e. The third-order valence-corrected chi connectivity index (χ3v) is 2.50. The van der Waals surface area contributed by atoms with E-state index in [1.807, 2.05) is 19.9 Å². The van der Waals surface area contributed by atoms with E-state index in [0.717, 1.165) is 5.56 Å². The molecule has 0 amide bonds. The van der Waals surface area contributed by atoms with Crippen LogP contribution < -0.4 is 4.74 Å². The fourth-order valence-corrected chi connectivity index (χ4v) is 1.48. The molecular formula is C13H17ClO3. The molecule has 3 nitrogen and oxygen atoms in total. The number of halogens is 1. The molecule has 1 rings (SSSR count). The summed E-state index contributed by atoms with van der Waals surface area (Å²) in [6.45, 7) is 5.08. The van der Waals surface area contributed by atoms with Gasteiger partial charge in [-0.2, -0.15) is 0 Å². The number of carbonyl (C=O) groups is 1. The molecule has 0 aliphatic carbocycles. The monoisotopic (exact) mass is 256 g/mol. The zero-order valence-corrected chi connectivity index (χ0v) is 10.9. The van der Waals surface area contributed by atoms with E-state index in [1.165, 1.54) is 0 Å². The van der Waals surface area contributed by atoms with Crippen molar-refractivity contribution in [3.8, 4) is 5.75 Å². The quantitative estimate of drug-likeness (QED) is 0.445. The number of rotatable bonds is 6. The summed E-state index contributed by atoms with van der Waals surface area (Å²) >= 11 is 5.92. The lowest BCUT2D eigenvalue weighted by atomic mass is 10.2. The third-order valence-electron chi connectivity index (χ3n) is 2.18. The van der Waals surface area contributed by atoms with E-state index in [0.29, 0.717) is 36.8 Å². The Bertz CT molecular complexity index is 377. The Balaban J connectivity index is 2.42. The van der Waals surface area contributed by atoms with Crippen molar-refractivity contribution in [2.45, 2.75) is 26.7 Å². The van der Waals surface area contributed by atoms with Gasteiger partial charge in [0.25, 0.3) is 0 Å². The molecule has 0 aliphatic heterocycles. The molecule has 0 fully saturated rings. The molecule has 0 spiro atoms. The number of hydrogen-bond donors (Lipinski definition) is 0. The van der Waals surface area contributed by atoms with E-state index in [9.17, 15) is 4.79 Å². The number of esters is 1. The minimum atomic E-state index is -0.280. The van der Waals surface area contributed by atoms with Crippen LogP contribution in [0.5, 0.6) is 5.75 Å². The van der Waals surface area contributed by atoms with Gasteiger partial charge in [-0.1, -0.05) is 17.7 Å². The summed E-state index contributed by atoms with van der Waals surface area (Å²) in [5.41, 5.74) is 1.01. The standard InChI is InChI=1S/C13H17ClO3/c1-3-16-8-4-5-13(15)17-12-9-10(2)6-7-11(12)14/h6-7,9H,3-5,8H2,1-2H3. The molecule has 0 N–H and O–H groups in total. The first-order chi connectivity index (χ1) is 8.13. The molecule has 94 valence electrons. The summed E-state index contributed by atoms with van der Waals surface area (Å²) in [6.07, 6.45) is 1.00. The SMILES string of the molecule is CCOCCCC(=O)Oc1cc(C)ccc1Cl. The van der Waals surface area contributed by atoms with Gasteiger partial charge in [-0.15, -0.1) is 0 Å². The van der Waals surface area contributed by atoms with Crippen molar-refractivity contribution < 1.29 is 14.3 Å². The van der Waals surface area contributed by atoms with Crippen LogP contribution >= 0.6 is 11.6 Å². The topological polar surface area (TPSA) is 35.5 Å². The van der Waals surface area contributed by atoms with Crippen molar-refractivity contribution in [3.63, 3.8) is 0 Å². The van der Waals surface area contributed by atoms with Crippen molar-refractivity contribution in [3.05, 3.63) is 28.8 Å². The zero-order chi connectivity index (χ0) is 12.7. The van der Waals surface area contributed by atoms with Crippen LogP contribution in [0, 0.1) is 6.92 Å². The summed E-state index contributed by atoms with van der Waals surface area (Å²) in [7, 11) is 0. The van der Waals surface area contributed by atoms with Crippen molar-refractivity contribution in [2.24, 2.45) is 0 Å². The molecule has 0 bridgehead atoms. The normalized spacial score (nSPS) is 10.3. The van der Waals surface area contributed by atoms with Crippen molar-refractivity contribution >= 4 is 17.6 Å². The van der Waals surface area contributed by atoms with Crippen LogP contribution in [0.25, 0.3) is 0 Å². The van der Waals surface area contributed by atoms with E-state index < -0.39 is 0 Å². The summed E-state index contributed by atoms with van der Waals surface area (Å²) < 4.78 is 10.3. The molecule has 0 saturated carbocycles. The van der Waals surface area contributed by atoms with Crippen LogP contribution in [-0.2, 0) is 9.53 Å². The number of aryl methyl sites for hydroxylation is 1. The van der Waals surface area contributed by atoms with Gasteiger partial charge in [-0.25, -0.2) is 0 Å². The number of ether oxygens (including phenoxy) is 2. The highest BCUT2D eigenvalue weighted by molar-refractivity contribution is 6.32. The maximum atomic E-state index is 11.5. The molecular weight excluding hydrogens is 240 g/mol. The van der Waals surface area contributed by atoms with Crippen molar-refractivity contribution in [1.82, 2.24) is 0 Å². The van der Waals surface area contributed by atoms with Crippen LogP contribution in [0.4, 0.5) is 0 Å². The average Bonchev–Trinajstić information content (AvgIpc) is 2.29. The molecule has 0 unspecified atom stereocenters. The first kappa shape index (κ1) is 14.0. The first-order valence-corrected chi connectivity index (χ1v) is 6.06. The second kappa shape index (κ2) is 7.30. The van der Waals surface area contributed by atoms with Gasteiger partial charge >= 0.3 is 5.97 Å². The minimum Gasteiger partial charge on any atom is -0.425 e. The fourth-order valence-electron chi connectivity index (χ4n) is 1.33. The van der Waals surface area contributed by atoms with Crippen LogP contribution in [0.2, 0.25) is 5.02 Å². The Morgan fingerprint density at radius 1 is 1.41 bits per heavy atom. The lowest BCUT2D eigenvalue weighted by Gasteiger charge is -2.07. The van der Waals surface area contributed by atoms with Crippen molar-refractivity contribution in [1.29, 1.82) is 0 Å². The number of carbonyl (C=O) groups excluding carboxylic acids is 1. The van der Waals surface area contributed by atoms with E-state index in [1.54, 1.807) is 12.1 Å². The average molecular weight is 257 g/mol. The van der Waals surface area contributed by atoms with E-state index >= 15 is 0 Å². The maximum absolute atomic E-state index is 11.5. The third kappa shape index (κ3) is 5.20. The summed E-state index contributed by atoms with van der Waals surface area (Å²) in [6, 6.07) is 5.34. The molecule has 0 aliphatic rings. The second-order valence-corrected chi connectivity index (χ2v) is 4.12. The Morgan fingerprint density at radius 2 is 2.18 bits per heavy atom. The molecule has 0 radical (unpaired) electrons. The van der Waals surface area contributed by atoms with Gasteiger partial charge in [0, 0.05) is 19.6 Å². The van der Waals surface area contributed by atoms with Crippen LogP contribution in [0.1, 0.15) is 25.3 Å². The molecule has 0 heterocycles. The van der Waals surface area contributed by atoms with Crippen molar-refractivity contribution in [2.75, 3.05) is 13.2 Å². The van der Waals surface area contributed by atoms with Gasteiger partial charge in [-0.05, 0) is 38.0 Å². The van der Waals surface area contributed by atoms with Gasteiger partial charge < -0.3 is 9.47 Å². The van der Waals surface area contributed by atoms with Gasteiger partial charge in [0.1, 0.15) is 5.75 Å². The lowest BCUT2D eigenvalue weighted by molar-refractivity contribution is -0.134.